The van der Waals surface area contributed by atoms with Crippen LogP contribution in [0.2, 0.25) is 0 Å². The van der Waals surface area contributed by atoms with E-state index in [-0.39, 0.29) is 11.8 Å². The summed E-state index contributed by atoms with van der Waals surface area (Å²) in [6.45, 7) is 0. The smallest absolute Gasteiger partial charge is 0.117 e. The van der Waals surface area contributed by atoms with Gasteiger partial charge in [0.25, 0.3) is 0 Å². The van der Waals surface area contributed by atoms with Crippen molar-refractivity contribution in [2.45, 2.75) is 18.9 Å². The molecule has 1 aliphatic rings. The predicted octanol–water partition coefficient (Wildman–Crippen LogP) is 1.38. The first-order valence-electron chi connectivity index (χ1n) is 4.52. The number of nitrogen functional groups attached to an aromatic ring is 1. The Balaban J connectivity index is 2.28. The lowest BCUT2D eigenvalue weighted by Crippen LogP contribution is -2.14. The molecule has 1 saturated carbocycles. The van der Waals surface area contributed by atoms with Crippen LogP contribution < -0.4 is 11.5 Å². The number of hydrogen-bond acceptors (Lipinski definition) is 3. The van der Waals surface area contributed by atoms with Gasteiger partial charge in [-0.05, 0) is 30.4 Å². The van der Waals surface area contributed by atoms with Gasteiger partial charge < -0.3 is 16.6 Å². The van der Waals surface area contributed by atoms with Gasteiger partial charge in [0, 0.05) is 17.8 Å². The SMILES string of the molecule is Nc1cc(O)ccc1[C@H](N)C1CC1. The number of nitrogens with two attached hydrogens (primary N) is 2. The zero-order valence-corrected chi connectivity index (χ0v) is 7.40. The van der Waals surface area contributed by atoms with Crippen LogP contribution in [0.1, 0.15) is 24.4 Å². The Morgan fingerprint density at radius 3 is 2.62 bits per heavy atom. The third kappa shape index (κ3) is 1.60. The molecule has 1 fully saturated rings. The summed E-state index contributed by atoms with van der Waals surface area (Å²) in [5.41, 5.74) is 13.3. The first kappa shape index (κ1) is 8.38. The highest BCUT2D eigenvalue weighted by Crippen LogP contribution is 2.41. The molecular formula is C10H14N2O. The molecule has 1 aromatic rings. The van der Waals surface area contributed by atoms with Gasteiger partial charge in [-0.1, -0.05) is 6.07 Å². The topological polar surface area (TPSA) is 72.3 Å². The molecule has 70 valence electrons. The highest BCUT2D eigenvalue weighted by atomic mass is 16.3. The summed E-state index contributed by atoms with van der Waals surface area (Å²) in [7, 11) is 0. The van der Waals surface area contributed by atoms with E-state index < -0.39 is 0 Å². The Kier molecular flexibility index (Phi) is 1.88. The Hall–Kier alpha value is -1.22. The number of phenols is 1. The molecule has 1 aliphatic carbocycles. The summed E-state index contributed by atoms with van der Waals surface area (Å²) in [6.07, 6.45) is 2.39. The number of aromatic hydroxyl groups is 1. The van der Waals surface area contributed by atoms with Crippen molar-refractivity contribution in [3.05, 3.63) is 23.8 Å². The highest BCUT2D eigenvalue weighted by Gasteiger charge is 2.30. The van der Waals surface area contributed by atoms with Crippen LogP contribution in [0.15, 0.2) is 18.2 Å². The van der Waals surface area contributed by atoms with Gasteiger partial charge in [0.05, 0.1) is 0 Å². The van der Waals surface area contributed by atoms with Crippen molar-refractivity contribution in [2.75, 3.05) is 5.73 Å². The van der Waals surface area contributed by atoms with E-state index >= 15 is 0 Å². The molecule has 1 atom stereocenters. The Morgan fingerprint density at radius 1 is 1.38 bits per heavy atom. The van der Waals surface area contributed by atoms with Crippen molar-refractivity contribution in [3.63, 3.8) is 0 Å². The molecule has 0 amide bonds. The molecule has 3 nitrogen and oxygen atoms in total. The molecule has 1 aromatic carbocycles. The molecule has 13 heavy (non-hydrogen) atoms. The summed E-state index contributed by atoms with van der Waals surface area (Å²) in [5, 5.41) is 9.15. The van der Waals surface area contributed by atoms with Crippen LogP contribution in [0.3, 0.4) is 0 Å². The van der Waals surface area contributed by atoms with E-state index in [9.17, 15) is 0 Å². The van der Waals surface area contributed by atoms with E-state index in [1.54, 1.807) is 12.1 Å². The van der Waals surface area contributed by atoms with Crippen molar-refractivity contribution in [1.82, 2.24) is 0 Å². The monoisotopic (exact) mass is 178 g/mol. The number of benzene rings is 1. The molecule has 5 N–H and O–H groups in total. The lowest BCUT2D eigenvalue weighted by atomic mass is 10.0. The normalized spacial score (nSPS) is 18.5. The minimum Gasteiger partial charge on any atom is -0.508 e. The molecule has 0 radical (unpaired) electrons. The maximum absolute atomic E-state index is 9.15. The third-order valence-electron chi connectivity index (χ3n) is 2.56. The molecule has 3 heteroatoms. The Morgan fingerprint density at radius 2 is 2.08 bits per heavy atom. The molecule has 0 spiro atoms. The lowest BCUT2D eigenvalue weighted by molar-refractivity contribution is 0.475. The molecule has 0 bridgehead atoms. The van der Waals surface area contributed by atoms with Gasteiger partial charge in [-0.15, -0.1) is 0 Å². The summed E-state index contributed by atoms with van der Waals surface area (Å²) in [5.74, 6) is 0.788. The van der Waals surface area contributed by atoms with Crippen molar-refractivity contribution in [2.24, 2.45) is 11.7 Å². The fourth-order valence-electron chi connectivity index (χ4n) is 1.57. The summed E-state index contributed by atoms with van der Waals surface area (Å²) < 4.78 is 0. The summed E-state index contributed by atoms with van der Waals surface area (Å²) >= 11 is 0. The molecule has 0 aromatic heterocycles. The minimum atomic E-state index is 0.0422. The Labute approximate surface area is 77.4 Å². The quantitative estimate of drug-likeness (QED) is 0.599. The Bertz CT molecular complexity index is 321. The second kappa shape index (κ2) is 2.92. The average molecular weight is 178 g/mol. The summed E-state index contributed by atoms with van der Waals surface area (Å²) in [6, 6.07) is 5.04. The number of hydrogen-bond donors (Lipinski definition) is 3. The second-order valence-corrected chi connectivity index (χ2v) is 3.68. The van der Waals surface area contributed by atoms with E-state index in [0.717, 1.165) is 5.56 Å². The first-order chi connectivity index (χ1) is 6.18. The first-order valence-corrected chi connectivity index (χ1v) is 4.52. The van der Waals surface area contributed by atoms with Crippen LogP contribution >= 0.6 is 0 Å². The van der Waals surface area contributed by atoms with Crippen LogP contribution in [0.25, 0.3) is 0 Å². The van der Waals surface area contributed by atoms with Crippen LogP contribution in [0, 0.1) is 5.92 Å². The highest BCUT2D eigenvalue weighted by molar-refractivity contribution is 5.52. The summed E-state index contributed by atoms with van der Waals surface area (Å²) in [4.78, 5) is 0. The fourth-order valence-corrected chi connectivity index (χ4v) is 1.57. The van der Waals surface area contributed by atoms with E-state index in [4.69, 9.17) is 16.6 Å². The number of anilines is 1. The fraction of sp³-hybridized carbons (Fsp3) is 0.400. The standard InChI is InChI=1S/C10H14N2O/c11-9-5-7(13)3-4-8(9)10(12)6-1-2-6/h3-6,10,13H,1-2,11-12H2/t10-/m1/s1. The van der Waals surface area contributed by atoms with Gasteiger partial charge >= 0.3 is 0 Å². The van der Waals surface area contributed by atoms with Gasteiger partial charge in [-0.3, -0.25) is 0 Å². The molecule has 0 unspecified atom stereocenters. The molecular weight excluding hydrogens is 164 g/mol. The number of rotatable bonds is 2. The minimum absolute atomic E-state index is 0.0422. The second-order valence-electron chi connectivity index (χ2n) is 3.68. The third-order valence-corrected chi connectivity index (χ3v) is 2.56. The molecule has 0 heterocycles. The van der Waals surface area contributed by atoms with Crippen LogP contribution in [-0.2, 0) is 0 Å². The van der Waals surface area contributed by atoms with Crippen molar-refractivity contribution in [1.29, 1.82) is 0 Å². The maximum atomic E-state index is 9.15. The zero-order chi connectivity index (χ0) is 9.42. The largest absolute Gasteiger partial charge is 0.508 e. The molecule has 2 rings (SSSR count). The van der Waals surface area contributed by atoms with Crippen LogP contribution in [0.4, 0.5) is 5.69 Å². The average Bonchev–Trinajstić information content (AvgIpc) is 2.85. The van der Waals surface area contributed by atoms with Gasteiger partial charge in [0.2, 0.25) is 0 Å². The van der Waals surface area contributed by atoms with Gasteiger partial charge in [-0.2, -0.15) is 0 Å². The zero-order valence-electron chi connectivity index (χ0n) is 7.40. The molecule has 0 aliphatic heterocycles. The van der Waals surface area contributed by atoms with Gasteiger partial charge in [0.1, 0.15) is 5.75 Å². The van der Waals surface area contributed by atoms with Crippen molar-refractivity contribution in [3.8, 4) is 5.75 Å². The number of phenolic OH excluding ortho intramolecular Hbond substituents is 1. The van der Waals surface area contributed by atoms with Gasteiger partial charge in [-0.25, -0.2) is 0 Å². The predicted molar refractivity (Wildman–Crippen MR) is 52.2 cm³/mol. The van der Waals surface area contributed by atoms with Crippen molar-refractivity contribution >= 4 is 5.69 Å². The lowest BCUT2D eigenvalue weighted by Gasteiger charge is -2.13. The van der Waals surface area contributed by atoms with E-state index in [2.05, 4.69) is 0 Å². The van der Waals surface area contributed by atoms with Crippen LogP contribution in [-0.4, -0.2) is 5.11 Å². The van der Waals surface area contributed by atoms with Crippen molar-refractivity contribution < 1.29 is 5.11 Å². The van der Waals surface area contributed by atoms with Crippen LogP contribution in [0.5, 0.6) is 5.75 Å². The molecule has 0 saturated heterocycles. The van der Waals surface area contributed by atoms with E-state index in [0.29, 0.717) is 11.6 Å². The van der Waals surface area contributed by atoms with E-state index in [1.807, 2.05) is 6.07 Å². The van der Waals surface area contributed by atoms with Gasteiger partial charge in [0.15, 0.2) is 0 Å². The van der Waals surface area contributed by atoms with E-state index in [1.165, 1.54) is 12.8 Å². The maximum Gasteiger partial charge on any atom is 0.117 e.